The van der Waals surface area contributed by atoms with Crippen LogP contribution >= 0.6 is 11.8 Å². The third-order valence-electron chi connectivity index (χ3n) is 6.30. The van der Waals surface area contributed by atoms with Crippen molar-refractivity contribution in [2.24, 2.45) is 15.9 Å². The second kappa shape index (κ2) is 9.52. The standard InChI is InChI=1S/C23H29N3O5S/c1-13(22(28)31-4)32-23-24-16-12-19(30-3)18(29-2)11-15(16)20-25-21(27)17(26(20)23)10-14-8-6-5-7-9-14/h11-14,17H,5-10H2,1-4H3. The molecule has 1 amide bonds. The summed E-state index contributed by atoms with van der Waals surface area (Å²) in [6.07, 6.45) is 6.66. The molecule has 2 heterocycles. The number of thioether (sulfide) groups is 1. The number of ether oxygens (including phenoxy) is 3. The Hall–Kier alpha value is -2.55. The molecule has 0 N–H and O–H groups in total. The minimum atomic E-state index is -0.479. The van der Waals surface area contributed by atoms with Crippen LogP contribution in [0.25, 0.3) is 0 Å². The number of rotatable bonds is 6. The molecular formula is C23H29N3O5S. The highest BCUT2D eigenvalue weighted by atomic mass is 32.2. The average Bonchev–Trinajstić information content (AvgIpc) is 3.14. The van der Waals surface area contributed by atoms with Crippen molar-refractivity contribution in [3.8, 4) is 11.5 Å². The van der Waals surface area contributed by atoms with Gasteiger partial charge in [0.15, 0.2) is 16.7 Å². The van der Waals surface area contributed by atoms with Crippen molar-refractivity contribution >= 4 is 40.3 Å². The van der Waals surface area contributed by atoms with Crippen molar-refractivity contribution in [1.29, 1.82) is 0 Å². The predicted octanol–water partition coefficient (Wildman–Crippen LogP) is 3.93. The van der Waals surface area contributed by atoms with Crippen molar-refractivity contribution in [3.05, 3.63) is 17.7 Å². The van der Waals surface area contributed by atoms with Crippen LogP contribution in [0.4, 0.5) is 5.69 Å². The number of esters is 1. The van der Waals surface area contributed by atoms with Gasteiger partial charge in [0, 0.05) is 11.6 Å². The normalized spacial score (nSPS) is 21.3. The molecule has 2 aliphatic heterocycles. The quantitative estimate of drug-likeness (QED) is 0.596. The molecule has 1 saturated carbocycles. The number of amides is 1. The number of aliphatic imine (C=N–C) groups is 2. The van der Waals surface area contributed by atoms with Crippen molar-refractivity contribution in [1.82, 2.24) is 4.90 Å². The van der Waals surface area contributed by atoms with Gasteiger partial charge >= 0.3 is 5.97 Å². The number of hydrogen-bond donors (Lipinski definition) is 0. The number of methoxy groups -OCH3 is 3. The number of nitrogens with zero attached hydrogens (tertiary/aromatic N) is 3. The first-order valence-corrected chi connectivity index (χ1v) is 11.9. The Morgan fingerprint density at radius 2 is 1.81 bits per heavy atom. The second-order valence-corrected chi connectivity index (χ2v) is 9.61. The van der Waals surface area contributed by atoms with Crippen LogP contribution in [0.1, 0.15) is 51.0 Å². The maximum Gasteiger partial charge on any atom is 0.318 e. The summed E-state index contributed by atoms with van der Waals surface area (Å²) in [6, 6.07) is 3.17. The molecular weight excluding hydrogens is 430 g/mol. The van der Waals surface area contributed by atoms with Crippen molar-refractivity contribution in [2.45, 2.75) is 56.7 Å². The van der Waals surface area contributed by atoms with E-state index in [1.807, 2.05) is 11.0 Å². The molecule has 8 nitrogen and oxygen atoms in total. The highest BCUT2D eigenvalue weighted by Crippen LogP contribution is 2.42. The van der Waals surface area contributed by atoms with Crippen LogP contribution in [0, 0.1) is 5.92 Å². The van der Waals surface area contributed by atoms with Crippen molar-refractivity contribution in [3.63, 3.8) is 0 Å². The number of benzene rings is 1. The first-order chi connectivity index (χ1) is 15.5. The van der Waals surface area contributed by atoms with Gasteiger partial charge in [0.1, 0.15) is 17.1 Å². The van der Waals surface area contributed by atoms with Crippen LogP contribution in [0.5, 0.6) is 11.5 Å². The lowest BCUT2D eigenvalue weighted by Crippen LogP contribution is -2.45. The summed E-state index contributed by atoms with van der Waals surface area (Å²) in [4.78, 5) is 36.4. The van der Waals surface area contributed by atoms with E-state index in [0.717, 1.165) is 24.8 Å². The molecule has 2 atom stereocenters. The van der Waals surface area contributed by atoms with Gasteiger partial charge in [-0.05, 0) is 25.3 Å². The fourth-order valence-electron chi connectivity index (χ4n) is 4.60. The van der Waals surface area contributed by atoms with Crippen LogP contribution in [0.15, 0.2) is 22.1 Å². The SMILES string of the molecule is COC(=O)C(C)SC1=Nc2cc(OC)c(OC)cc2C2=NC(=O)C(CC3CCCCC3)N12. The van der Waals surface area contributed by atoms with Crippen LogP contribution < -0.4 is 9.47 Å². The zero-order valence-corrected chi connectivity index (χ0v) is 19.7. The van der Waals surface area contributed by atoms with Crippen LogP contribution in [0.2, 0.25) is 0 Å². The maximum absolute atomic E-state index is 13.1. The van der Waals surface area contributed by atoms with Gasteiger partial charge in [0.2, 0.25) is 0 Å². The van der Waals surface area contributed by atoms with E-state index in [9.17, 15) is 9.59 Å². The Balaban J connectivity index is 1.74. The highest BCUT2D eigenvalue weighted by Gasteiger charge is 2.44. The smallest absolute Gasteiger partial charge is 0.318 e. The van der Waals surface area contributed by atoms with Gasteiger partial charge in [-0.2, -0.15) is 4.99 Å². The number of fused-ring (bicyclic) bond motifs is 3. The second-order valence-electron chi connectivity index (χ2n) is 8.30. The molecule has 1 fully saturated rings. The lowest BCUT2D eigenvalue weighted by atomic mass is 9.84. The summed E-state index contributed by atoms with van der Waals surface area (Å²) in [5.41, 5.74) is 1.35. The van der Waals surface area contributed by atoms with Gasteiger partial charge in [0.25, 0.3) is 5.91 Å². The molecule has 3 aliphatic rings. The summed E-state index contributed by atoms with van der Waals surface area (Å²) in [6.45, 7) is 1.77. The number of amidine groups is 2. The molecule has 0 radical (unpaired) electrons. The maximum atomic E-state index is 13.1. The van der Waals surface area contributed by atoms with Crippen LogP contribution in [-0.2, 0) is 14.3 Å². The lowest BCUT2D eigenvalue weighted by Gasteiger charge is -2.34. The lowest BCUT2D eigenvalue weighted by molar-refractivity contribution is -0.139. The number of carbonyl (C=O) groups excluding carboxylic acids is 2. The topological polar surface area (TPSA) is 89.8 Å². The van der Waals surface area contributed by atoms with E-state index in [1.165, 1.54) is 38.1 Å². The molecule has 0 saturated heterocycles. The van der Waals surface area contributed by atoms with E-state index >= 15 is 0 Å². The summed E-state index contributed by atoms with van der Waals surface area (Å²) in [5, 5.41) is 0.0979. The third-order valence-corrected chi connectivity index (χ3v) is 7.35. The Morgan fingerprint density at radius 3 is 2.47 bits per heavy atom. The molecule has 4 rings (SSSR count). The molecule has 0 spiro atoms. The van der Waals surface area contributed by atoms with Crippen molar-refractivity contribution in [2.75, 3.05) is 21.3 Å². The van der Waals surface area contributed by atoms with Crippen LogP contribution in [-0.4, -0.2) is 60.4 Å². The zero-order chi connectivity index (χ0) is 22.8. The van der Waals surface area contributed by atoms with Gasteiger partial charge in [-0.25, -0.2) is 4.99 Å². The Morgan fingerprint density at radius 1 is 1.12 bits per heavy atom. The minimum Gasteiger partial charge on any atom is -0.493 e. The molecule has 1 aromatic carbocycles. The van der Waals surface area contributed by atoms with E-state index in [4.69, 9.17) is 19.2 Å². The minimum absolute atomic E-state index is 0.160. The fourth-order valence-corrected chi connectivity index (χ4v) is 5.59. The Bertz CT molecular complexity index is 971. The average molecular weight is 460 g/mol. The predicted molar refractivity (Wildman–Crippen MR) is 124 cm³/mol. The van der Waals surface area contributed by atoms with E-state index in [-0.39, 0.29) is 11.9 Å². The number of carbonyl (C=O) groups is 2. The summed E-state index contributed by atoms with van der Waals surface area (Å²) in [7, 11) is 4.50. The first-order valence-electron chi connectivity index (χ1n) is 11.0. The van der Waals surface area contributed by atoms with Crippen LogP contribution in [0.3, 0.4) is 0 Å². The number of hydrogen-bond acceptors (Lipinski definition) is 8. The third kappa shape index (κ3) is 4.22. The van der Waals surface area contributed by atoms with Gasteiger partial charge in [-0.3, -0.25) is 14.5 Å². The van der Waals surface area contributed by atoms with E-state index < -0.39 is 11.3 Å². The molecule has 0 bridgehead atoms. The Kier molecular flexibility index (Phi) is 6.74. The molecule has 1 aromatic rings. The van der Waals surface area contributed by atoms with Gasteiger partial charge in [-0.1, -0.05) is 43.9 Å². The summed E-state index contributed by atoms with van der Waals surface area (Å²) < 4.78 is 15.8. The molecule has 2 unspecified atom stereocenters. The largest absolute Gasteiger partial charge is 0.493 e. The zero-order valence-electron chi connectivity index (χ0n) is 18.9. The van der Waals surface area contributed by atoms with Gasteiger partial charge < -0.3 is 14.2 Å². The van der Waals surface area contributed by atoms with E-state index in [0.29, 0.717) is 34.1 Å². The molecule has 172 valence electrons. The molecule has 32 heavy (non-hydrogen) atoms. The molecule has 1 aliphatic carbocycles. The molecule has 0 aromatic heterocycles. The monoisotopic (exact) mass is 459 g/mol. The summed E-state index contributed by atoms with van der Waals surface area (Å²) >= 11 is 1.28. The first kappa shape index (κ1) is 22.6. The molecule has 9 heteroatoms. The Labute approximate surface area is 192 Å². The fraction of sp³-hybridized carbons (Fsp3) is 0.565. The van der Waals surface area contributed by atoms with Gasteiger partial charge in [0.05, 0.1) is 27.0 Å². The highest BCUT2D eigenvalue weighted by molar-refractivity contribution is 8.14. The van der Waals surface area contributed by atoms with E-state index in [2.05, 4.69) is 4.99 Å². The summed E-state index contributed by atoms with van der Waals surface area (Å²) in [5.74, 6) is 1.63. The van der Waals surface area contributed by atoms with Gasteiger partial charge in [-0.15, -0.1) is 0 Å². The van der Waals surface area contributed by atoms with Crippen molar-refractivity contribution < 1.29 is 23.8 Å². The van der Waals surface area contributed by atoms with E-state index in [1.54, 1.807) is 27.2 Å².